The minimum atomic E-state index is -0.416. The van der Waals surface area contributed by atoms with Gasteiger partial charge in [0.25, 0.3) is 5.91 Å². The van der Waals surface area contributed by atoms with Gasteiger partial charge in [-0.25, -0.2) is 0 Å². The molecule has 0 aliphatic rings. The predicted molar refractivity (Wildman–Crippen MR) is 106 cm³/mol. The highest BCUT2D eigenvalue weighted by molar-refractivity contribution is 6.00. The third kappa shape index (κ3) is 5.66. The van der Waals surface area contributed by atoms with Crippen molar-refractivity contribution in [1.29, 1.82) is 0 Å². The van der Waals surface area contributed by atoms with Gasteiger partial charge in [0.05, 0.1) is 26.9 Å². The molecule has 2 aromatic carbocycles. The molecule has 8 nitrogen and oxygen atoms in total. The molecule has 0 fully saturated rings. The molecule has 0 unspecified atom stereocenters. The lowest BCUT2D eigenvalue weighted by Crippen LogP contribution is -2.36. The van der Waals surface area contributed by atoms with Gasteiger partial charge in [-0.1, -0.05) is 6.07 Å². The van der Waals surface area contributed by atoms with E-state index >= 15 is 0 Å². The summed E-state index contributed by atoms with van der Waals surface area (Å²) in [6, 6.07) is 11.8. The fourth-order valence-electron chi connectivity index (χ4n) is 2.32. The lowest BCUT2D eigenvalue weighted by molar-refractivity contribution is -0.112. The SMILES string of the molecule is COc1cccc(NC(=O)C=C(C)NNC(=O)c2ccc(OC)cc2OC)c1. The number of hydrogen-bond acceptors (Lipinski definition) is 6. The molecule has 8 heteroatoms. The number of benzene rings is 2. The lowest BCUT2D eigenvalue weighted by atomic mass is 10.2. The first-order chi connectivity index (χ1) is 13.5. The van der Waals surface area contributed by atoms with Gasteiger partial charge in [-0.3, -0.25) is 15.0 Å². The van der Waals surface area contributed by atoms with Crippen molar-refractivity contribution in [3.63, 3.8) is 0 Å². The van der Waals surface area contributed by atoms with Gasteiger partial charge in [0.2, 0.25) is 5.91 Å². The Hall–Kier alpha value is -3.68. The van der Waals surface area contributed by atoms with Crippen LogP contribution < -0.4 is 30.4 Å². The van der Waals surface area contributed by atoms with Crippen molar-refractivity contribution in [2.24, 2.45) is 0 Å². The fourth-order valence-corrected chi connectivity index (χ4v) is 2.32. The monoisotopic (exact) mass is 385 g/mol. The fraction of sp³-hybridized carbons (Fsp3) is 0.200. The van der Waals surface area contributed by atoms with Gasteiger partial charge in [0.1, 0.15) is 17.2 Å². The Kier molecular flexibility index (Phi) is 7.27. The summed E-state index contributed by atoms with van der Waals surface area (Å²) in [4.78, 5) is 24.4. The highest BCUT2D eigenvalue weighted by atomic mass is 16.5. The first-order valence-electron chi connectivity index (χ1n) is 8.38. The van der Waals surface area contributed by atoms with Crippen LogP contribution in [0, 0.1) is 0 Å². The minimum Gasteiger partial charge on any atom is -0.497 e. The average molecular weight is 385 g/mol. The third-order valence-electron chi connectivity index (χ3n) is 3.71. The number of carbonyl (C=O) groups is 2. The second kappa shape index (κ2) is 9.86. The third-order valence-corrected chi connectivity index (χ3v) is 3.71. The maximum Gasteiger partial charge on any atom is 0.273 e. The van der Waals surface area contributed by atoms with E-state index in [9.17, 15) is 9.59 Å². The van der Waals surface area contributed by atoms with Crippen molar-refractivity contribution in [2.45, 2.75) is 6.92 Å². The molecular weight excluding hydrogens is 362 g/mol. The van der Waals surface area contributed by atoms with E-state index < -0.39 is 5.91 Å². The minimum absolute atomic E-state index is 0.324. The summed E-state index contributed by atoms with van der Waals surface area (Å²) < 4.78 is 15.4. The van der Waals surface area contributed by atoms with E-state index in [2.05, 4.69) is 16.2 Å². The first kappa shape index (κ1) is 20.6. The number of ether oxygens (including phenoxy) is 3. The molecule has 0 radical (unpaired) electrons. The molecule has 0 saturated heterocycles. The van der Waals surface area contributed by atoms with E-state index in [4.69, 9.17) is 14.2 Å². The van der Waals surface area contributed by atoms with Gasteiger partial charge in [0.15, 0.2) is 0 Å². The largest absolute Gasteiger partial charge is 0.497 e. The van der Waals surface area contributed by atoms with Crippen LogP contribution in [-0.2, 0) is 4.79 Å². The first-order valence-corrected chi connectivity index (χ1v) is 8.38. The molecule has 0 aliphatic carbocycles. The van der Waals surface area contributed by atoms with E-state index in [1.54, 1.807) is 56.5 Å². The molecule has 0 spiro atoms. The topological polar surface area (TPSA) is 97.9 Å². The van der Waals surface area contributed by atoms with Gasteiger partial charge in [-0.2, -0.15) is 0 Å². The zero-order chi connectivity index (χ0) is 20.5. The molecule has 28 heavy (non-hydrogen) atoms. The highest BCUT2D eigenvalue weighted by Crippen LogP contribution is 2.24. The van der Waals surface area contributed by atoms with Crippen molar-refractivity contribution in [3.8, 4) is 17.2 Å². The van der Waals surface area contributed by atoms with Gasteiger partial charge < -0.3 is 25.0 Å². The molecule has 2 rings (SSSR count). The summed E-state index contributed by atoms with van der Waals surface area (Å²) >= 11 is 0. The predicted octanol–water partition coefficient (Wildman–Crippen LogP) is 2.49. The van der Waals surface area contributed by atoms with E-state index in [0.29, 0.717) is 34.2 Å². The molecule has 2 aromatic rings. The smallest absolute Gasteiger partial charge is 0.273 e. The van der Waals surface area contributed by atoms with Crippen LogP contribution in [0.3, 0.4) is 0 Å². The normalized spacial score (nSPS) is 10.6. The Balaban J connectivity index is 1.95. The van der Waals surface area contributed by atoms with Crippen LogP contribution in [0.1, 0.15) is 17.3 Å². The number of allylic oxidation sites excluding steroid dienone is 1. The van der Waals surface area contributed by atoms with Crippen molar-refractivity contribution in [3.05, 3.63) is 59.8 Å². The van der Waals surface area contributed by atoms with E-state index in [1.807, 2.05) is 0 Å². The second-order valence-corrected chi connectivity index (χ2v) is 5.69. The zero-order valence-electron chi connectivity index (χ0n) is 16.2. The highest BCUT2D eigenvalue weighted by Gasteiger charge is 2.13. The van der Waals surface area contributed by atoms with Crippen LogP contribution in [0.15, 0.2) is 54.2 Å². The molecule has 3 N–H and O–H groups in total. The Morgan fingerprint density at radius 3 is 2.29 bits per heavy atom. The molecule has 0 aromatic heterocycles. The summed E-state index contributed by atoms with van der Waals surface area (Å²) in [6.07, 6.45) is 1.32. The van der Waals surface area contributed by atoms with E-state index in [1.165, 1.54) is 20.3 Å². The van der Waals surface area contributed by atoms with Crippen molar-refractivity contribution in [1.82, 2.24) is 10.9 Å². The summed E-state index contributed by atoms with van der Waals surface area (Å²) in [5.41, 5.74) is 6.58. The number of hydrazine groups is 1. The molecule has 0 saturated carbocycles. The Labute approximate surface area is 163 Å². The van der Waals surface area contributed by atoms with Crippen molar-refractivity contribution >= 4 is 17.5 Å². The Morgan fingerprint density at radius 2 is 1.61 bits per heavy atom. The number of anilines is 1. The van der Waals surface area contributed by atoms with Crippen molar-refractivity contribution in [2.75, 3.05) is 26.6 Å². The van der Waals surface area contributed by atoms with Gasteiger partial charge in [0, 0.05) is 29.6 Å². The maximum atomic E-state index is 12.3. The Morgan fingerprint density at radius 1 is 0.893 bits per heavy atom. The number of rotatable bonds is 8. The van der Waals surface area contributed by atoms with E-state index in [-0.39, 0.29) is 5.91 Å². The molecule has 148 valence electrons. The number of carbonyl (C=O) groups excluding carboxylic acids is 2. The Bertz CT molecular complexity index is 880. The van der Waals surface area contributed by atoms with Crippen LogP contribution in [0.25, 0.3) is 0 Å². The van der Waals surface area contributed by atoms with Crippen LogP contribution in [0.2, 0.25) is 0 Å². The second-order valence-electron chi connectivity index (χ2n) is 5.69. The van der Waals surface area contributed by atoms with E-state index in [0.717, 1.165) is 0 Å². The summed E-state index contributed by atoms with van der Waals surface area (Å²) in [5.74, 6) is 0.815. The van der Waals surface area contributed by atoms with Gasteiger partial charge in [-0.05, 0) is 31.2 Å². The van der Waals surface area contributed by atoms with Crippen LogP contribution in [-0.4, -0.2) is 33.1 Å². The number of nitrogens with one attached hydrogen (secondary N) is 3. The summed E-state index contributed by atoms with van der Waals surface area (Å²) in [7, 11) is 4.54. The number of methoxy groups -OCH3 is 3. The summed E-state index contributed by atoms with van der Waals surface area (Å²) in [5, 5.41) is 2.72. The standard InChI is InChI=1S/C20H23N3O5/c1-13(10-19(24)21-14-6-5-7-15(11-14)26-2)22-23-20(25)17-9-8-16(27-3)12-18(17)28-4/h5-12,22H,1-4H3,(H,21,24)(H,23,25). The zero-order valence-corrected chi connectivity index (χ0v) is 16.2. The maximum absolute atomic E-state index is 12.3. The number of amides is 2. The molecule has 2 amide bonds. The van der Waals surface area contributed by atoms with Crippen molar-refractivity contribution < 1.29 is 23.8 Å². The summed E-state index contributed by atoms with van der Waals surface area (Å²) in [6.45, 7) is 1.65. The van der Waals surface area contributed by atoms with Gasteiger partial charge >= 0.3 is 0 Å². The molecule has 0 aliphatic heterocycles. The van der Waals surface area contributed by atoms with Crippen LogP contribution in [0.5, 0.6) is 17.2 Å². The van der Waals surface area contributed by atoms with Gasteiger partial charge in [-0.15, -0.1) is 0 Å². The molecular formula is C20H23N3O5. The molecule has 0 heterocycles. The average Bonchev–Trinajstić information content (AvgIpc) is 2.71. The number of hydrogen-bond donors (Lipinski definition) is 3. The van der Waals surface area contributed by atoms with Crippen LogP contribution >= 0.6 is 0 Å². The van der Waals surface area contributed by atoms with Crippen LogP contribution in [0.4, 0.5) is 5.69 Å². The lowest BCUT2D eigenvalue weighted by Gasteiger charge is -2.12. The molecule has 0 atom stereocenters. The molecule has 0 bridgehead atoms. The quantitative estimate of drug-likeness (QED) is 0.477.